The Morgan fingerprint density at radius 3 is 2.66 bits per heavy atom. The highest BCUT2D eigenvalue weighted by molar-refractivity contribution is 5.94. The van der Waals surface area contributed by atoms with E-state index in [2.05, 4.69) is 15.4 Å². The summed E-state index contributed by atoms with van der Waals surface area (Å²) in [7, 11) is 1.62. The lowest BCUT2D eigenvalue weighted by Crippen LogP contribution is -2.23. The average molecular weight is 428 g/mol. The summed E-state index contributed by atoms with van der Waals surface area (Å²) >= 11 is 0. The Labute approximate surface area is 186 Å². The fourth-order valence-corrected chi connectivity index (χ4v) is 3.23. The molecule has 2 heterocycles. The highest BCUT2D eigenvalue weighted by atomic mass is 16.5. The van der Waals surface area contributed by atoms with Gasteiger partial charge in [0.1, 0.15) is 6.61 Å². The number of pyridine rings is 1. The molecule has 1 amide bonds. The molecule has 0 aliphatic rings. The van der Waals surface area contributed by atoms with Gasteiger partial charge in [0.2, 0.25) is 5.88 Å². The van der Waals surface area contributed by atoms with Crippen LogP contribution in [0.15, 0.2) is 85.2 Å². The summed E-state index contributed by atoms with van der Waals surface area (Å²) in [5.41, 5.74) is 4.28. The van der Waals surface area contributed by atoms with Crippen LogP contribution in [0.25, 0.3) is 16.9 Å². The van der Waals surface area contributed by atoms with Crippen molar-refractivity contribution in [3.8, 4) is 22.8 Å². The van der Waals surface area contributed by atoms with Crippen LogP contribution in [-0.2, 0) is 11.3 Å². The quantitative estimate of drug-likeness (QED) is 0.409. The molecule has 2 aromatic carbocycles. The molecule has 4 rings (SSSR count). The van der Waals surface area contributed by atoms with Crippen molar-refractivity contribution in [2.45, 2.75) is 6.54 Å². The lowest BCUT2D eigenvalue weighted by Gasteiger charge is -2.10. The normalized spacial score (nSPS) is 10.7. The molecule has 0 saturated carbocycles. The summed E-state index contributed by atoms with van der Waals surface area (Å²) in [5.74, 6) is 0.360. The lowest BCUT2D eigenvalue weighted by molar-refractivity contribution is 0.0951. The maximum Gasteiger partial charge on any atom is 0.251 e. The van der Waals surface area contributed by atoms with Gasteiger partial charge in [-0.25, -0.2) is 9.67 Å². The summed E-state index contributed by atoms with van der Waals surface area (Å²) in [6.45, 7) is 1.31. The minimum absolute atomic E-state index is 0.166. The van der Waals surface area contributed by atoms with Crippen molar-refractivity contribution in [3.63, 3.8) is 0 Å². The van der Waals surface area contributed by atoms with Crippen molar-refractivity contribution in [1.29, 1.82) is 0 Å². The van der Waals surface area contributed by atoms with Gasteiger partial charge in [0.15, 0.2) is 0 Å². The fourth-order valence-electron chi connectivity index (χ4n) is 3.23. The molecule has 0 atom stereocenters. The minimum Gasteiger partial charge on any atom is -0.475 e. The molecule has 2 aromatic heterocycles. The van der Waals surface area contributed by atoms with Crippen LogP contribution < -0.4 is 10.1 Å². The largest absolute Gasteiger partial charge is 0.475 e. The van der Waals surface area contributed by atoms with E-state index in [1.54, 1.807) is 31.6 Å². The van der Waals surface area contributed by atoms with Gasteiger partial charge in [0, 0.05) is 37.0 Å². The van der Waals surface area contributed by atoms with E-state index in [-0.39, 0.29) is 5.91 Å². The van der Waals surface area contributed by atoms with Crippen LogP contribution in [0.5, 0.6) is 5.88 Å². The van der Waals surface area contributed by atoms with Crippen LogP contribution in [0.2, 0.25) is 0 Å². The number of aromatic nitrogens is 3. The summed E-state index contributed by atoms with van der Waals surface area (Å²) in [6, 6.07) is 23.0. The van der Waals surface area contributed by atoms with Crippen molar-refractivity contribution < 1.29 is 14.3 Å². The standard InChI is InChI=1S/C25H24N4O3/c1-31-14-15-32-24-11-10-19(17-26-24)18-27-25(30)21-8-5-9-22(16-21)29-23(12-13-28-29)20-6-3-2-4-7-20/h2-13,16-17H,14-15,18H2,1H3,(H,27,30). The number of hydrogen-bond acceptors (Lipinski definition) is 5. The van der Waals surface area contributed by atoms with Crippen LogP contribution in [0.1, 0.15) is 15.9 Å². The smallest absolute Gasteiger partial charge is 0.251 e. The van der Waals surface area contributed by atoms with Gasteiger partial charge >= 0.3 is 0 Å². The average Bonchev–Trinajstić information content (AvgIpc) is 3.34. The number of carbonyl (C=O) groups excluding carboxylic acids is 1. The molecular weight excluding hydrogens is 404 g/mol. The van der Waals surface area contributed by atoms with E-state index in [9.17, 15) is 4.79 Å². The molecule has 4 aromatic rings. The Morgan fingerprint density at radius 2 is 1.88 bits per heavy atom. The van der Waals surface area contributed by atoms with Crippen LogP contribution in [0, 0.1) is 0 Å². The third kappa shape index (κ3) is 5.19. The topological polar surface area (TPSA) is 78.3 Å². The van der Waals surface area contributed by atoms with Crippen molar-refractivity contribution in [2.24, 2.45) is 0 Å². The summed E-state index contributed by atoms with van der Waals surface area (Å²) in [6.07, 6.45) is 3.44. The molecule has 0 aliphatic carbocycles. The van der Waals surface area contributed by atoms with Crippen molar-refractivity contribution in [1.82, 2.24) is 20.1 Å². The predicted octanol–water partition coefficient (Wildman–Crippen LogP) is 3.89. The van der Waals surface area contributed by atoms with Gasteiger partial charge in [-0.2, -0.15) is 5.10 Å². The third-order valence-corrected chi connectivity index (χ3v) is 4.85. The zero-order chi connectivity index (χ0) is 22.2. The first-order valence-corrected chi connectivity index (χ1v) is 10.3. The molecule has 0 fully saturated rings. The number of carbonyl (C=O) groups is 1. The van der Waals surface area contributed by atoms with Crippen molar-refractivity contribution in [3.05, 3.63) is 96.3 Å². The molecule has 162 valence electrons. The summed E-state index contributed by atoms with van der Waals surface area (Å²) in [5, 5.41) is 7.39. The minimum atomic E-state index is -0.166. The number of methoxy groups -OCH3 is 1. The van der Waals surface area contributed by atoms with Gasteiger partial charge in [-0.05, 0) is 29.8 Å². The highest BCUT2D eigenvalue weighted by Crippen LogP contribution is 2.22. The number of rotatable bonds is 9. The molecule has 0 aliphatic heterocycles. The molecule has 0 saturated heterocycles. The zero-order valence-corrected chi connectivity index (χ0v) is 17.8. The second-order valence-electron chi connectivity index (χ2n) is 7.07. The first kappa shape index (κ1) is 21.3. The van der Waals surface area contributed by atoms with E-state index in [1.807, 2.05) is 65.3 Å². The van der Waals surface area contributed by atoms with Gasteiger partial charge in [-0.15, -0.1) is 0 Å². The third-order valence-electron chi connectivity index (χ3n) is 4.85. The van der Waals surface area contributed by atoms with Crippen LogP contribution in [0.3, 0.4) is 0 Å². The van der Waals surface area contributed by atoms with Gasteiger partial charge in [-0.3, -0.25) is 4.79 Å². The van der Waals surface area contributed by atoms with E-state index in [1.165, 1.54) is 0 Å². The number of hydrogen-bond donors (Lipinski definition) is 1. The molecule has 7 nitrogen and oxygen atoms in total. The molecule has 0 spiro atoms. The van der Waals surface area contributed by atoms with Crippen molar-refractivity contribution >= 4 is 5.91 Å². The van der Waals surface area contributed by atoms with E-state index in [0.29, 0.717) is 31.2 Å². The molecule has 32 heavy (non-hydrogen) atoms. The Morgan fingerprint density at radius 1 is 1.00 bits per heavy atom. The van der Waals surface area contributed by atoms with E-state index >= 15 is 0 Å². The second kappa shape index (κ2) is 10.4. The first-order valence-electron chi connectivity index (χ1n) is 10.3. The maximum absolute atomic E-state index is 12.7. The Bertz CT molecular complexity index is 1160. The van der Waals surface area contributed by atoms with E-state index in [4.69, 9.17) is 9.47 Å². The Kier molecular flexibility index (Phi) is 6.89. The van der Waals surface area contributed by atoms with Crippen LogP contribution in [0.4, 0.5) is 0 Å². The Balaban J connectivity index is 1.42. The number of nitrogens with one attached hydrogen (secondary N) is 1. The number of amides is 1. The summed E-state index contributed by atoms with van der Waals surface area (Å²) < 4.78 is 12.2. The SMILES string of the molecule is COCCOc1ccc(CNC(=O)c2cccc(-n3nccc3-c3ccccc3)c2)cn1. The maximum atomic E-state index is 12.7. The van der Waals surface area contributed by atoms with Gasteiger partial charge in [0.25, 0.3) is 5.91 Å². The summed E-state index contributed by atoms with van der Waals surface area (Å²) in [4.78, 5) is 17.0. The van der Waals surface area contributed by atoms with E-state index < -0.39 is 0 Å². The van der Waals surface area contributed by atoms with Gasteiger partial charge in [0.05, 0.1) is 24.2 Å². The number of ether oxygens (including phenoxy) is 2. The monoisotopic (exact) mass is 428 g/mol. The molecule has 0 unspecified atom stereocenters. The molecule has 1 N–H and O–H groups in total. The highest BCUT2D eigenvalue weighted by Gasteiger charge is 2.11. The van der Waals surface area contributed by atoms with Crippen LogP contribution in [-0.4, -0.2) is 41.0 Å². The Hall–Kier alpha value is -3.97. The van der Waals surface area contributed by atoms with Gasteiger partial charge in [-0.1, -0.05) is 42.5 Å². The lowest BCUT2D eigenvalue weighted by atomic mass is 10.1. The zero-order valence-electron chi connectivity index (χ0n) is 17.8. The number of nitrogens with zero attached hydrogens (tertiary/aromatic N) is 3. The van der Waals surface area contributed by atoms with Crippen LogP contribution >= 0.6 is 0 Å². The van der Waals surface area contributed by atoms with Crippen molar-refractivity contribution in [2.75, 3.05) is 20.3 Å². The van der Waals surface area contributed by atoms with E-state index in [0.717, 1.165) is 22.5 Å². The molecule has 7 heteroatoms. The molecular formula is C25H24N4O3. The predicted molar refractivity (Wildman–Crippen MR) is 122 cm³/mol. The van der Waals surface area contributed by atoms with Gasteiger partial charge < -0.3 is 14.8 Å². The number of benzene rings is 2. The second-order valence-corrected chi connectivity index (χ2v) is 7.07. The molecule has 0 bridgehead atoms. The first-order chi connectivity index (χ1) is 15.7. The molecule has 0 radical (unpaired) electrons. The fraction of sp³-hybridized carbons (Fsp3) is 0.160.